The molecule has 0 amide bonds. The molecule has 0 aliphatic rings. The van der Waals surface area contributed by atoms with Gasteiger partial charge in [0.15, 0.2) is 5.65 Å². The fourth-order valence-electron chi connectivity index (χ4n) is 1.40. The number of rotatable bonds is 2. The van der Waals surface area contributed by atoms with Crippen LogP contribution in [0.3, 0.4) is 0 Å². The van der Waals surface area contributed by atoms with E-state index in [0.717, 1.165) is 34.9 Å². The maximum absolute atomic E-state index is 4.39. The third-order valence-electron chi connectivity index (χ3n) is 2.06. The van der Waals surface area contributed by atoms with E-state index >= 15 is 0 Å². The zero-order chi connectivity index (χ0) is 10.1. The monoisotopic (exact) mass is 188 g/mol. The topological polar surface area (TPSA) is 54.5 Å². The van der Waals surface area contributed by atoms with Crippen LogP contribution in [0.15, 0.2) is 6.58 Å². The van der Waals surface area contributed by atoms with Crippen LogP contribution in [0.25, 0.3) is 17.2 Å². The van der Waals surface area contributed by atoms with Crippen molar-refractivity contribution in [3.05, 3.63) is 23.9 Å². The largest absolute Gasteiger partial charge is 0.327 e. The molecule has 0 fully saturated rings. The van der Waals surface area contributed by atoms with Gasteiger partial charge >= 0.3 is 0 Å². The van der Waals surface area contributed by atoms with Gasteiger partial charge in [-0.1, -0.05) is 13.5 Å². The highest BCUT2D eigenvalue weighted by Gasteiger charge is 2.07. The Morgan fingerprint density at radius 3 is 2.79 bits per heavy atom. The molecule has 0 radical (unpaired) electrons. The van der Waals surface area contributed by atoms with E-state index in [9.17, 15) is 0 Å². The predicted octanol–water partition coefficient (Wildman–Crippen LogP) is 1.87. The Kier molecular flexibility index (Phi) is 2.04. The highest BCUT2D eigenvalue weighted by atomic mass is 15.0. The summed E-state index contributed by atoms with van der Waals surface area (Å²) in [6.07, 6.45) is 2.57. The average molecular weight is 188 g/mol. The first kappa shape index (κ1) is 8.87. The molecule has 0 saturated carbocycles. The molecule has 2 rings (SSSR count). The van der Waals surface area contributed by atoms with Gasteiger partial charge in [-0.15, -0.1) is 0 Å². The zero-order valence-corrected chi connectivity index (χ0v) is 8.33. The van der Waals surface area contributed by atoms with Gasteiger partial charge in [-0.2, -0.15) is 0 Å². The quantitative estimate of drug-likeness (QED) is 0.782. The van der Waals surface area contributed by atoms with Crippen molar-refractivity contribution in [2.24, 2.45) is 0 Å². The Hall–Kier alpha value is -1.71. The first-order chi connectivity index (χ1) is 6.74. The van der Waals surface area contributed by atoms with E-state index in [-0.39, 0.29) is 0 Å². The molecule has 0 saturated heterocycles. The van der Waals surface area contributed by atoms with E-state index in [1.807, 2.05) is 13.8 Å². The van der Waals surface area contributed by atoms with Crippen molar-refractivity contribution >= 4 is 17.2 Å². The Bertz CT molecular complexity index is 484. The Morgan fingerprint density at radius 2 is 2.14 bits per heavy atom. The van der Waals surface area contributed by atoms with Gasteiger partial charge < -0.3 is 4.98 Å². The molecule has 0 spiro atoms. The van der Waals surface area contributed by atoms with Gasteiger partial charge in [-0.05, 0) is 13.0 Å². The van der Waals surface area contributed by atoms with Crippen LogP contribution < -0.4 is 0 Å². The standard InChI is InChI=1S/C10H12N4/c1-4-7-9-10(12-6(3)11-7)14-8(5-2)13-9/h4H,1,5H2,2-3H3,(H,11,12,13,14). The van der Waals surface area contributed by atoms with Gasteiger partial charge in [0, 0.05) is 6.42 Å². The van der Waals surface area contributed by atoms with E-state index in [1.54, 1.807) is 6.08 Å². The van der Waals surface area contributed by atoms with Crippen molar-refractivity contribution in [1.29, 1.82) is 0 Å². The lowest BCUT2D eigenvalue weighted by Crippen LogP contribution is -1.92. The number of H-pyrrole nitrogens is 1. The molecular formula is C10H12N4. The van der Waals surface area contributed by atoms with Crippen molar-refractivity contribution in [2.75, 3.05) is 0 Å². The number of nitrogens with zero attached hydrogens (tertiary/aromatic N) is 3. The highest BCUT2D eigenvalue weighted by molar-refractivity contribution is 5.79. The van der Waals surface area contributed by atoms with Crippen molar-refractivity contribution in [1.82, 2.24) is 19.9 Å². The maximum atomic E-state index is 4.39. The Balaban J connectivity index is 2.77. The van der Waals surface area contributed by atoms with Crippen LogP contribution in [0.1, 0.15) is 24.3 Å². The molecule has 0 aliphatic heterocycles. The lowest BCUT2D eigenvalue weighted by Gasteiger charge is -1.95. The van der Waals surface area contributed by atoms with Crippen LogP contribution in [0.4, 0.5) is 0 Å². The number of aromatic nitrogens is 4. The summed E-state index contributed by atoms with van der Waals surface area (Å²) in [6.45, 7) is 7.62. The second kappa shape index (κ2) is 3.21. The summed E-state index contributed by atoms with van der Waals surface area (Å²) in [5.74, 6) is 1.67. The summed E-state index contributed by atoms with van der Waals surface area (Å²) in [7, 11) is 0. The lowest BCUT2D eigenvalue weighted by atomic mass is 10.3. The molecule has 2 heterocycles. The van der Waals surface area contributed by atoms with Gasteiger partial charge in [-0.3, -0.25) is 0 Å². The van der Waals surface area contributed by atoms with Crippen LogP contribution in [0.5, 0.6) is 0 Å². The molecule has 14 heavy (non-hydrogen) atoms. The summed E-state index contributed by atoms with van der Waals surface area (Å²) in [5, 5.41) is 0. The zero-order valence-electron chi connectivity index (χ0n) is 8.33. The number of imidazole rings is 1. The van der Waals surface area contributed by atoms with Crippen LogP contribution in [-0.2, 0) is 6.42 Å². The number of hydrogen-bond donors (Lipinski definition) is 1. The van der Waals surface area contributed by atoms with Gasteiger partial charge in [0.1, 0.15) is 17.2 Å². The first-order valence-electron chi connectivity index (χ1n) is 4.60. The molecular weight excluding hydrogens is 176 g/mol. The molecule has 72 valence electrons. The smallest absolute Gasteiger partial charge is 0.161 e. The molecule has 0 unspecified atom stereocenters. The molecule has 0 atom stereocenters. The summed E-state index contributed by atoms with van der Waals surface area (Å²) in [4.78, 5) is 16.1. The minimum absolute atomic E-state index is 0.735. The number of aromatic amines is 1. The maximum Gasteiger partial charge on any atom is 0.161 e. The second-order valence-corrected chi connectivity index (χ2v) is 3.09. The predicted molar refractivity (Wildman–Crippen MR) is 55.9 cm³/mol. The van der Waals surface area contributed by atoms with Gasteiger partial charge in [0.25, 0.3) is 0 Å². The van der Waals surface area contributed by atoms with Gasteiger partial charge in [-0.25, -0.2) is 15.0 Å². The van der Waals surface area contributed by atoms with Gasteiger partial charge in [0.2, 0.25) is 0 Å². The van der Waals surface area contributed by atoms with E-state index in [2.05, 4.69) is 26.5 Å². The molecule has 0 bridgehead atoms. The minimum atomic E-state index is 0.735. The van der Waals surface area contributed by atoms with E-state index in [0.29, 0.717) is 0 Å². The minimum Gasteiger partial charge on any atom is -0.327 e. The molecule has 4 heteroatoms. The first-order valence-corrected chi connectivity index (χ1v) is 4.60. The van der Waals surface area contributed by atoms with Crippen molar-refractivity contribution < 1.29 is 0 Å². The SMILES string of the molecule is C=Cc1nc(C)nc2[nH]c(CC)nc12. The second-order valence-electron chi connectivity index (χ2n) is 3.09. The lowest BCUT2D eigenvalue weighted by molar-refractivity contribution is 0.996. The third-order valence-corrected chi connectivity index (χ3v) is 2.06. The van der Waals surface area contributed by atoms with Crippen molar-refractivity contribution in [2.45, 2.75) is 20.3 Å². The number of fused-ring (bicyclic) bond motifs is 1. The van der Waals surface area contributed by atoms with Crippen LogP contribution in [0.2, 0.25) is 0 Å². The third kappa shape index (κ3) is 1.28. The van der Waals surface area contributed by atoms with Crippen LogP contribution >= 0.6 is 0 Å². The summed E-state index contributed by atoms with van der Waals surface area (Å²) < 4.78 is 0. The average Bonchev–Trinajstić information content (AvgIpc) is 2.59. The van der Waals surface area contributed by atoms with Crippen LogP contribution in [0, 0.1) is 6.92 Å². The molecule has 2 aromatic heterocycles. The molecule has 0 aromatic carbocycles. The normalized spacial score (nSPS) is 10.7. The van der Waals surface area contributed by atoms with Crippen LogP contribution in [-0.4, -0.2) is 19.9 Å². The Labute approximate surface area is 82.1 Å². The molecule has 0 aliphatic carbocycles. The van der Waals surface area contributed by atoms with Gasteiger partial charge in [0.05, 0.1) is 5.69 Å². The summed E-state index contributed by atoms with van der Waals surface area (Å²) in [5.41, 5.74) is 2.40. The fraction of sp³-hybridized carbons (Fsp3) is 0.300. The van der Waals surface area contributed by atoms with Crippen molar-refractivity contribution in [3.8, 4) is 0 Å². The summed E-state index contributed by atoms with van der Waals surface area (Å²) >= 11 is 0. The van der Waals surface area contributed by atoms with E-state index in [1.165, 1.54) is 0 Å². The summed E-state index contributed by atoms with van der Waals surface area (Å²) in [6, 6.07) is 0. The van der Waals surface area contributed by atoms with E-state index < -0.39 is 0 Å². The molecule has 1 N–H and O–H groups in total. The number of aryl methyl sites for hydroxylation is 2. The number of hydrogen-bond acceptors (Lipinski definition) is 3. The molecule has 4 nitrogen and oxygen atoms in total. The fourth-order valence-corrected chi connectivity index (χ4v) is 1.40. The van der Waals surface area contributed by atoms with Crippen molar-refractivity contribution in [3.63, 3.8) is 0 Å². The number of nitrogens with one attached hydrogen (secondary N) is 1. The molecule has 2 aromatic rings. The van der Waals surface area contributed by atoms with E-state index in [4.69, 9.17) is 0 Å². The Morgan fingerprint density at radius 1 is 1.36 bits per heavy atom. The highest BCUT2D eigenvalue weighted by Crippen LogP contribution is 2.14.